The summed E-state index contributed by atoms with van der Waals surface area (Å²) in [6, 6.07) is 0. The fourth-order valence-corrected chi connectivity index (χ4v) is 7.99. The molecule has 0 radical (unpaired) electrons. The van der Waals surface area contributed by atoms with Gasteiger partial charge in [0.1, 0.15) is 48.5 Å². The molecular weight excluding hydrogens is 694 g/mol. The minimum Gasteiger partial charge on any atom is -0.394 e. The van der Waals surface area contributed by atoms with Crippen LogP contribution in [0.1, 0.15) is 12.5 Å². The number of hydrogen-bond donors (Lipinski definition) is 7. The molecule has 2 unspecified atom stereocenters. The molecule has 21 nitrogen and oxygen atoms in total. The maximum Gasteiger partial charge on any atom is 0.582 e. The van der Waals surface area contributed by atoms with Gasteiger partial charge < -0.3 is 45.3 Å². The van der Waals surface area contributed by atoms with Crippen LogP contribution in [0.2, 0.25) is 0 Å². The van der Waals surface area contributed by atoms with Gasteiger partial charge in [-0.1, -0.05) is 0 Å². The molecule has 3 saturated heterocycles. The van der Waals surface area contributed by atoms with Gasteiger partial charge in [-0.25, -0.2) is 19.9 Å². The van der Waals surface area contributed by atoms with E-state index in [-0.39, 0.29) is 29.5 Å². The van der Waals surface area contributed by atoms with Gasteiger partial charge in [-0.15, -0.1) is 4.52 Å². The van der Waals surface area contributed by atoms with Gasteiger partial charge in [0.2, 0.25) is 5.95 Å². The van der Waals surface area contributed by atoms with Crippen LogP contribution in [0.3, 0.4) is 0 Å². The second kappa shape index (κ2) is 11.7. The third-order valence-corrected chi connectivity index (χ3v) is 10.0. The van der Waals surface area contributed by atoms with Gasteiger partial charge in [0.25, 0.3) is 5.56 Å². The molecule has 0 saturated carbocycles. The summed E-state index contributed by atoms with van der Waals surface area (Å²) < 4.78 is 50.1. The van der Waals surface area contributed by atoms with Crippen molar-refractivity contribution in [2.75, 3.05) is 31.3 Å². The molecule has 7 heterocycles. The zero-order valence-corrected chi connectivity index (χ0v) is 26.5. The van der Waals surface area contributed by atoms with Crippen molar-refractivity contribution in [1.82, 2.24) is 39.0 Å². The summed E-state index contributed by atoms with van der Waals surface area (Å²) in [6.07, 6.45) is -4.36. The molecule has 25 heteroatoms. The Morgan fingerprint density at radius 3 is 2.67 bits per heavy atom. The van der Waals surface area contributed by atoms with Crippen LogP contribution in [0.15, 0.2) is 23.8 Å². The average Bonchev–Trinajstić information content (AvgIpc) is 3.81. The Morgan fingerprint density at radius 1 is 1.20 bits per heavy atom. The maximum absolute atomic E-state index is 12.3. The molecule has 0 aliphatic carbocycles. The van der Waals surface area contributed by atoms with E-state index in [1.165, 1.54) is 23.5 Å². The lowest BCUT2D eigenvalue weighted by molar-refractivity contribution is -0.183. The number of aromatic nitrogens is 8. The third kappa shape index (κ3) is 5.30. The predicted octanol–water partition coefficient (Wildman–Crippen LogP) is -1.37. The van der Waals surface area contributed by atoms with Crippen molar-refractivity contribution >= 4 is 72.1 Å². The first-order valence-corrected chi connectivity index (χ1v) is 18.2. The number of anilines is 2. The Hall–Kier alpha value is -2.76. The lowest BCUT2D eigenvalue weighted by Gasteiger charge is -2.32. The van der Waals surface area contributed by atoms with Crippen LogP contribution in [0.25, 0.3) is 22.3 Å². The smallest absolute Gasteiger partial charge is 0.394 e. The summed E-state index contributed by atoms with van der Waals surface area (Å²) in [7, 11) is -2.46. The summed E-state index contributed by atoms with van der Waals surface area (Å²) in [5, 5.41) is 20.8. The summed E-state index contributed by atoms with van der Waals surface area (Å²) in [4.78, 5) is 46.4. The lowest BCUT2D eigenvalue weighted by atomic mass is 10.0. The van der Waals surface area contributed by atoms with Gasteiger partial charge >= 0.3 is 13.9 Å². The second-order valence-corrected chi connectivity index (χ2v) is 15.0. The van der Waals surface area contributed by atoms with Gasteiger partial charge in [0.05, 0.1) is 32.5 Å². The number of aromatic amines is 1. The van der Waals surface area contributed by atoms with Gasteiger partial charge in [-0.05, 0) is 16.4 Å². The first-order chi connectivity index (χ1) is 21.9. The van der Waals surface area contributed by atoms with Crippen molar-refractivity contribution < 1.29 is 47.5 Å². The zero-order chi connectivity index (χ0) is 32.5. The Kier molecular flexibility index (Phi) is 8.12. The van der Waals surface area contributed by atoms with Crippen LogP contribution in [0.4, 0.5) is 11.8 Å². The number of aliphatic hydroxyl groups excluding tert-OH is 2. The minimum absolute atomic E-state index is 0.0175. The number of nitrogens with one attached hydrogen (secondary N) is 1. The van der Waals surface area contributed by atoms with E-state index in [1.54, 1.807) is 4.57 Å². The Balaban J connectivity index is 1.14. The lowest BCUT2D eigenvalue weighted by Crippen LogP contribution is -2.45. The van der Waals surface area contributed by atoms with Crippen molar-refractivity contribution in [2.24, 2.45) is 0 Å². The molecule has 8 N–H and O–H groups in total. The summed E-state index contributed by atoms with van der Waals surface area (Å²) in [6.45, 7) is -5.53. The molecule has 4 aromatic rings. The van der Waals surface area contributed by atoms with Gasteiger partial charge in [0, 0.05) is 0 Å². The average molecular weight is 720 g/mol. The first kappa shape index (κ1) is 31.8. The molecule has 2 bridgehead atoms. The summed E-state index contributed by atoms with van der Waals surface area (Å²) in [5.41, 5.74) is 10.1. The molecule has 46 heavy (non-hydrogen) atoms. The Labute approximate surface area is 267 Å². The molecule has 4 aromatic heterocycles. The van der Waals surface area contributed by atoms with Crippen molar-refractivity contribution in [1.29, 1.82) is 0 Å². The number of thiol groups is 1. The van der Waals surface area contributed by atoms with Crippen molar-refractivity contribution in [3.05, 3.63) is 29.3 Å². The molecule has 246 valence electrons. The van der Waals surface area contributed by atoms with Crippen LogP contribution >= 0.6 is 26.2 Å². The van der Waals surface area contributed by atoms with Crippen molar-refractivity contribution in [3.63, 3.8) is 0 Å². The fourth-order valence-electron chi connectivity index (χ4n) is 5.74. The Morgan fingerprint density at radius 2 is 1.93 bits per heavy atom. The van der Waals surface area contributed by atoms with E-state index in [1.807, 2.05) is 0 Å². The number of H-pyrrole nitrogens is 1. The van der Waals surface area contributed by atoms with Gasteiger partial charge in [-0.3, -0.25) is 23.4 Å². The predicted molar refractivity (Wildman–Crippen MR) is 161 cm³/mol. The molecule has 7 rings (SSSR count). The highest BCUT2D eigenvalue weighted by atomic mass is 32.7. The quantitative estimate of drug-likeness (QED) is 0.0735. The van der Waals surface area contributed by atoms with E-state index in [9.17, 15) is 24.5 Å². The molecule has 0 amide bonds. The molecule has 3 aliphatic heterocycles. The molecule has 0 spiro atoms. The van der Waals surface area contributed by atoms with E-state index >= 15 is 0 Å². The topological polar surface area (TPSA) is 292 Å². The number of aliphatic hydroxyl groups is 2. The fraction of sp³-hybridized carbons (Fsp3) is 0.524. The normalized spacial score (nSPS) is 32.4. The van der Waals surface area contributed by atoms with E-state index in [4.69, 9.17) is 51.1 Å². The first-order valence-electron chi connectivity index (χ1n) is 13.3. The van der Waals surface area contributed by atoms with Crippen LogP contribution in [0.5, 0.6) is 0 Å². The maximum atomic E-state index is 12.3. The SMILES string of the molecule is Nc1nc2c(ncn2[C@@H]2O[C@H](CO)[C@H](O)[C@@H]2OP(O)(=S)OC[C@@]23CO[C@H]([C@H](n4cnc5c(N)ncnc54)O2)[C@H]3O[P+](=O)S)c(=O)[nH]1. The molecular formula is C21H25N10O11P2S2+. The van der Waals surface area contributed by atoms with Crippen LogP contribution in [-0.2, 0) is 44.2 Å². The van der Waals surface area contributed by atoms with Gasteiger partial charge in [-0.2, -0.15) is 4.98 Å². The molecule has 3 aliphatic rings. The Bertz CT molecular complexity index is 1950. The number of hydrogen-bond acceptors (Lipinski definition) is 18. The van der Waals surface area contributed by atoms with Crippen LogP contribution in [-0.4, -0.2) is 110 Å². The van der Waals surface area contributed by atoms with E-state index in [0.717, 1.165) is 0 Å². The highest BCUT2D eigenvalue weighted by Crippen LogP contribution is 2.55. The monoisotopic (exact) mass is 719 g/mol. The van der Waals surface area contributed by atoms with E-state index in [0.29, 0.717) is 11.2 Å². The van der Waals surface area contributed by atoms with Crippen LogP contribution in [0, 0.1) is 0 Å². The largest absolute Gasteiger partial charge is 0.582 e. The number of rotatable bonds is 10. The highest BCUT2D eigenvalue weighted by Gasteiger charge is 2.66. The molecule has 3 fully saturated rings. The third-order valence-electron chi connectivity index (χ3n) is 7.78. The number of imidazole rings is 2. The number of ether oxygens (including phenoxy) is 3. The number of nitrogens with two attached hydrogens (primary N) is 2. The number of nitrogens with zero attached hydrogens (tertiary/aromatic N) is 7. The second-order valence-electron chi connectivity index (χ2n) is 10.5. The number of nitrogen functional groups attached to an aromatic ring is 2. The van der Waals surface area contributed by atoms with Crippen LogP contribution < -0.4 is 17.0 Å². The highest BCUT2D eigenvalue weighted by molar-refractivity contribution is 8.39. The van der Waals surface area contributed by atoms with E-state index < -0.39 is 81.3 Å². The summed E-state index contributed by atoms with van der Waals surface area (Å²) in [5.74, 6) is -0.0695. The summed E-state index contributed by atoms with van der Waals surface area (Å²) >= 11 is 9.20. The minimum atomic E-state index is -4.28. The molecule has 10 atom stereocenters. The van der Waals surface area contributed by atoms with Crippen molar-refractivity contribution in [3.8, 4) is 0 Å². The standard InChI is InChI=1S/C21H24N10O11P2S2/c22-14-8-15(25-4-24-14)30(5-26-8)19-12-13(41-43(35)45)21(40-19,2-37-12)3-38-44(36,46)42-11-10(33)7(1-32)39-18(11)31-6-27-9-16(31)28-20(23)29-17(9)34/h4-7,10-13,18-19,32-33H,1-3H2,(H6-,22,23,24,25,28,29,34,35,36,45,46)/p+1/t7-,10+,11+,12+,13-,18-,19-,21-,44?/m1/s1. The van der Waals surface area contributed by atoms with E-state index in [2.05, 4.69) is 42.2 Å². The van der Waals surface area contributed by atoms with Gasteiger partial charge in [0.15, 0.2) is 46.8 Å². The number of fused-ring (bicyclic) bond motifs is 4. The zero-order valence-electron chi connectivity index (χ0n) is 23.0. The molecule has 0 aromatic carbocycles. The van der Waals surface area contributed by atoms with Crippen molar-refractivity contribution in [2.45, 2.75) is 48.6 Å².